The minimum absolute atomic E-state index is 0.00151. The Morgan fingerprint density at radius 3 is 2.71 bits per heavy atom. The van der Waals surface area contributed by atoms with Gasteiger partial charge in [0.25, 0.3) is 0 Å². The van der Waals surface area contributed by atoms with Crippen LogP contribution in [0.1, 0.15) is 25.7 Å². The van der Waals surface area contributed by atoms with Crippen molar-refractivity contribution < 1.29 is 14.2 Å². The number of morpholine rings is 1. The molecule has 1 aromatic carbocycles. The molecule has 2 heterocycles. The fraction of sp³-hybridized carbons (Fsp3) is 0.556. The van der Waals surface area contributed by atoms with Gasteiger partial charge in [0.15, 0.2) is 0 Å². The maximum atomic E-state index is 6.15. The first-order chi connectivity index (χ1) is 11.7. The first-order valence-electron chi connectivity index (χ1n) is 8.50. The lowest BCUT2D eigenvalue weighted by Crippen LogP contribution is -2.50. The van der Waals surface area contributed by atoms with Crippen LogP contribution in [0.15, 0.2) is 18.5 Å². The number of aromatic nitrogens is 2. The number of rotatable bonds is 3. The summed E-state index contributed by atoms with van der Waals surface area (Å²) in [5.41, 5.74) is 0.814. The van der Waals surface area contributed by atoms with Gasteiger partial charge in [-0.25, -0.2) is 9.97 Å². The van der Waals surface area contributed by atoms with E-state index in [0.29, 0.717) is 5.75 Å². The molecule has 1 spiro atoms. The summed E-state index contributed by atoms with van der Waals surface area (Å²) in [6.45, 7) is 2.47. The summed E-state index contributed by atoms with van der Waals surface area (Å²) < 4.78 is 17.1. The minimum Gasteiger partial charge on any atom is -0.497 e. The van der Waals surface area contributed by atoms with E-state index in [0.717, 1.165) is 55.0 Å². The molecule has 0 N–H and O–H groups in total. The summed E-state index contributed by atoms with van der Waals surface area (Å²) in [6, 6.07) is 3.85. The Hall–Kier alpha value is -2.08. The second kappa shape index (κ2) is 6.09. The van der Waals surface area contributed by atoms with Crippen LogP contribution in [0.3, 0.4) is 0 Å². The molecule has 4 rings (SSSR count). The summed E-state index contributed by atoms with van der Waals surface area (Å²) in [7, 11) is 3.31. The Labute approximate surface area is 141 Å². The topological polar surface area (TPSA) is 56.7 Å². The van der Waals surface area contributed by atoms with Crippen molar-refractivity contribution in [3.05, 3.63) is 18.5 Å². The van der Waals surface area contributed by atoms with Gasteiger partial charge < -0.3 is 19.1 Å². The molecule has 1 aliphatic carbocycles. The largest absolute Gasteiger partial charge is 0.497 e. The standard InChI is InChI=1S/C18H23N3O3/c1-22-13-9-14-16(15(10-13)23-2)19-12-20-17(14)21-7-8-24-18(11-21)5-3-4-6-18/h9-10,12H,3-8,11H2,1-2H3. The highest BCUT2D eigenvalue weighted by atomic mass is 16.5. The van der Waals surface area contributed by atoms with Crippen LogP contribution in [0.25, 0.3) is 10.9 Å². The molecule has 0 radical (unpaired) electrons. The van der Waals surface area contributed by atoms with Crippen LogP contribution < -0.4 is 14.4 Å². The quantitative estimate of drug-likeness (QED) is 0.863. The lowest BCUT2D eigenvalue weighted by atomic mass is 9.99. The third-order valence-electron chi connectivity index (χ3n) is 5.17. The van der Waals surface area contributed by atoms with Gasteiger partial charge >= 0.3 is 0 Å². The summed E-state index contributed by atoms with van der Waals surface area (Å²) >= 11 is 0. The van der Waals surface area contributed by atoms with Gasteiger partial charge in [0.1, 0.15) is 29.2 Å². The SMILES string of the molecule is COc1cc(OC)c2ncnc(N3CCOC4(CCCC4)C3)c2c1. The van der Waals surface area contributed by atoms with E-state index in [2.05, 4.69) is 14.9 Å². The molecular formula is C18H23N3O3. The molecule has 6 heteroatoms. The van der Waals surface area contributed by atoms with Crippen molar-refractivity contribution in [3.63, 3.8) is 0 Å². The summed E-state index contributed by atoms with van der Waals surface area (Å²) in [6.07, 6.45) is 6.39. The van der Waals surface area contributed by atoms with Crippen molar-refractivity contribution in [3.8, 4) is 11.5 Å². The van der Waals surface area contributed by atoms with Crippen molar-refractivity contribution >= 4 is 16.7 Å². The van der Waals surface area contributed by atoms with E-state index >= 15 is 0 Å². The Morgan fingerprint density at radius 1 is 1.12 bits per heavy atom. The number of fused-ring (bicyclic) bond motifs is 1. The number of hydrogen-bond donors (Lipinski definition) is 0. The molecule has 0 unspecified atom stereocenters. The van der Waals surface area contributed by atoms with Crippen LogP contribution in [0.4, 0.5) is 5.82 Å². The smallest absolute Gasteiger partial charge is 0.148 e. The molecule has 2 aromatic rings. The second-order valence-corrected chi connectivity index (χ2v) is 6.58. The van der Waals surface area contributed by atoms with Crippen molar-refractivity contribution in [2.45, 2.75) is 31.3 Å². The molecule has 0 atom stereocenters. The first-order valence-corrected chi connectivity index (χ1v) is 8.50. The molecule has 1 saturated carbocycles. The lowest BCUT2D eigenvalue weighted by Gasteiger charge is -2.41. The van der Waals surface area contributed by atoms with Crippen LogP contribution >= 0.6 is 0 Å². The van der Waals surface area contributed by atoms with Gasteiger partial charge in [-0.15, -0.1) is 0 Å². The molecule has 0 bridgehead atoms. The fourth-order valence-electron chi connectivity index (χ4n) is 3.97. The highest BCUT2D eigenvalue weighted by molar-refractivity contribution is 5.94. The minimum atomic E-state index is -0.00151. The molecule has 2 aliphatic rings. The van der Waals surface area contributed by atoms with E-state index in [4.69, 9.17) is 14.2 Å². The number of benzene rings is 1. The highest BCUT2D eigenvalue weighted by Crippen LogP contribution is 2.39. The van der Waals surface area contributed by atoms with E-state index < -0.39 is 0 Å². The van der Waals surface area contributed by atoms with Crippen molar-refractivity contribution in [2.75, 3.05) is 38.8 Å². The van der Waals surface area contributed by atoms with E-state index in [-0.39, 0.29) is 5.60 Å². The van der Waals surface area contributed by atoms with Crippen LogP contribution in [0, 0.1) is 0 Å². The first kappa shape index (κ1) is 15.4. The molecule has 1 aliphatic heterocycles. The van der Waals surface area contributed by atoms with Crippen LogP contribution in [-0.2, 0) is 4.74 Å². The third-order valence-corrected chi connectivity index (χ3v) is 5.17. The van der Waals surface area contributed by atoms with Crippen LogP contribution in [0.2, 0.25) is 0 Å². The average molecular weight is 329 g/mol. The van der Waals surface area contributed by atoms with E-state index in [1.54, 1.807) is 20.5 Å². The predicted octanol–water partition coefficient (Wildman–Crippen LogP) is 2.80. The summed E-state index contributed by atoms with van der Waals surface area (Å²) in [5, 5.41) is 0.962. The zero-order valence-corrected chi connectivity index (χ0v) is 14.2. The van der Waals surface area contributed by atoms with Crippen LogP contribution in [0.5, 0.6) is 11.5 Å². The monoisotopic (exact) mass is 329 g/mol. The number of ether oxygens (including phenoxy) is 3. The zero-order valence-electron chi connectivity index (χ0n) is 14.2. The zero-order chi connectivity index (χ0) is 16.6. The number of nitrogens with zero attached hydrogens (tertiary/aromatic N) is 3. The molecule has 1 saturated heterocycles. The normalized spacial score (nSPS) is 19.8. The average Bonchev–Trinajstić information content (AvgIpc) is 3.07. The molecule has 128 valence electrons. The Bertz CT molecular complexity index is 744. The van der Waals surface area contributed by atoms with Crippen molar-refractivity contribution in [1.29, 1.82) is 0 Å². The molecular weight excluding hydrogens is 306 g/mol. The number of hydrogen-bond acceptors (Lipinski definition) is 6. The predicted molar refractivity (Wildman–Crippen MR) is 92.0 cm³/mol. The van der Waals surface area contributed by atoms with Gasteiger partial charge in [0, 0.05) is 19.2 Å². The third kappa shape index (κ3) is 2.55. The molecule has 24 heavy (non-hydrogen) atoms. The number of methoxy groups -OCH3 is 2. The lowest BCUT2D eigenvalue weighted by molar-refractivity contribution is -0.0502. The van der Waals surface area contributed by atoms with E-state index in [1.165, 1.54) is 12.8 Å². The Balaban J connectivity index is 1.78. The van der Waals surface area contributed by atoms with Crippen molar-refractivity contribution in [2.24, 2.45) is 0 Å². The van der Waals surface area contributed by atoms with Crippen molar-refractivity contribution in [1.82, 2.24) is 9.97 Å². The molecule has 6 nitrogen and oxygen atoms in total. The summed E-state index contributed by atoms with van der Waals surface area (Å²) in [5.74, 6) is 2.39. The maximum absolute atomic E-state index is 6.15. The van der Waals surface area contributed by atoms with Gasteiger partial charge in [-0.05, 0) is 18.9 Å². The van der Waals surface area contributed by atoms with Gasteiger partial charge in [-0.2, -0.15) is 0 Å². The number of anilines is 1. The highest BCUT2D eigenvalue weighted by Gasteiger charge is 2.40. The second-order valence-electron chi connectivity index (χ2n) is 6.58. The Morgan fingerprint density at radius 2 is 1.96 bits per heavy atom. The van der Waals surface area contributed by atoms with E-state index in [9.17, 15) is 0 Å². The summed E-state index contributed by atoms with van der Waals surface area (Å²) in [4.78, 5) is 11.3. The fourth-order valence-corrected chi connectivity index (χ4v) is 3.97. The van der Waals surface area contributed by atoms with Crippen LogP contribution in [-0.4, -0.2) is 49.5 Å². The van der Waals surface area contributed by atoms with Gasteiger partial charge in [-0.1, -0.05) is 12.8 Å². The van der Waals surface area contributed by atoms with Gasteiger partial charge in [0.05, 0.1) is 31.8 Å². The van der Waals surface area contributed by atoms with Gasteiger partial charge in [-0.3, -0.25) is 0 Å². The molecule has 0 amide bonds. The Kier molecular flexibility index (Phi) is 3.92. The molecule has 2 fully saturated rings. The molecule has 1 aromatic heterocycles. The van der Waals surface area contributed by atoms with E-state index in [1.807, 2.05) is 12.1 Å². The van der Waals surface area contributed by atoms with Gasteiger partial charge in [0.2, 0.25) is 0 Å². The maximum Gasteiger partial charge on any atom is 0.148 e.